The van der Waals surface area contributed by atoms with E-state index >= 15 is 0 Å². The van der Waals surface area contributed by atoms with Gasteiger partial charge >= 0.3 is 0 Å². The molecule has 2 aromatic carbocycles. The molecule has 0 aromatic heterocycles. The Balaban J connectivity index is 2.11. The average Bonchev–Trinajstić information content (AvgIpc) is 2.48. The molecule has 0 fully saturated rings. The Hall–Kier alpha value is -2.38. The summed E-state index contributed by atoms with van der Waals surface area (Å²) in [5, 5.41) is 9.38. The minimum Gasteiger partial charge on any atom is -0.495 e. The number of halogens is 1. The molecule has 0 saturated heterocycles. The minimum absolute atomic E-state index is 0.350. The fourth-order valence-electron chi connectivity index (χ4n) is 1.68. The summed E-state index contributed by atoms with van der Waals surface area (Å²) >= 11 is 5.92. The number of ether oxygens (including phenoxy) is 2. The van der Waals surface area contributed by atoms with Gasteiger partial charge in [0.25, 0.3) is 0 Å². The van der Waals surface area contributed by atoms with E-state index in [1.807, 2.05) is 6.07 Å². The van der Waals surface area contributed by atoms with Gasteiger partial charge in [0, 0.05) is 6.07 Å². The summed E-state index contributed by atoms with van der Waals surface area (Å²) in [5.74, 6) is 1.16. The highest BCUT2D eigenvalue weighted by atomic mass is 35.5. The molecule has 0 aliphatic carbocycles. The first kappa shape index (κ1) is 14.0. The van der Waals surface area contributed by atoms with Gasteiger partial charge in [-0.15, -0.1) is 0 Å². The van der Waals surface area contributed by atoms with E-state index in [1.54, 1.807) is 30.3 Å². The number of hydrogen-bond donors (Lipinski definition) is 1. The zero-order valence-corrected chi connectivity index (χ0v) is 11.6. The van der Waals surface area contributed by atoms with Gasteiger partial charge < -0.3 is 15.2 Å². The van der Waals surface area contributed by atoms with Crippen LogP contribution in [0.4, 0.5) is 5.69 Å². The topological polar surface area (TPSA) is 68.3 Å². The van der Waals surface area contributed by atoms with Gasteiger partial charge in [-0.05, 0) is 29.8 Å². The monoisotopic (exact) mass is 288 g/mol. The van der Waals surface area contributed by atoms with Crippen molar-refractivity contribution < 1.29 is 9.47 Å². The van der Waals surface area contributed by atoms with Gasteiger partial charge in [0.2, 0.25) is 0 Å². The Labute approximate surface area is 122 Å². The third-order valence-electron chi connectivity index (χ3n) is 2.76. The third kappa shape index (κ3) is 3.14. The predicted molar refractivity (Wildman–Crippen MR) is 77.9 cm³/mol. The van der Waals surface area contributed by atoms with Crippen molar-refractivity contribution in [2.45, 2.75) is 6.61 Å². The molecule has 0 atom stereocenters. The molecule has 0 radical (unpaired) electrons. The smallest absolute Gasteiger partial charge is 0.137 e. The van der Waals surface area contributed by atoms with Crippen LogP contribution in [0, 0.1) is 11.3 Å². The first-order chi connectivity index (χ1) is 9.63. The minimum atomic E-state index is 0.350. The third-order valence-corrected chi connectivity index (χ3v) is 3.09. The number of hydrogen-bond acceptors (Lipinski definition) is 4. The second kappa shape index (κ2) is 6.18. The summed E-state index contributed by atoms with van der Waals surface area (Å²) < 4.78 is 10.8. The molecule has 0 unspecified atom stereocenters. The summed E-state index contributed by atoms with van der Waals surface area (Å²) in [6.45, 7) is 0.350. The van der Waals surface area contributed by atoms with E-state index in [9.17, 15) is 0 Å². The van der Waals surface area contributed by atoms with E-state index < -0.39 is 0 Å². The fraction of sp³-hybridized carbons (Fsp3) is 0.133. The first-order valence-corrected chi connectivity index (χ1v) is 6.26. The van der Waals surface area contributed by atoms with Crippen molar-refractivity contribution >= 4 is 17.3 Å². The lowest BCUT2D eigenvalue weighted by molar-refractivity contribution is 0.305. The van der Waals surface area contributed by atoms with Crippen LogP contribution in [-0.4, -0.2) is 7.11 Å². The van der Waals surface area contributed by atoms with Gasteiger partial charge in [-0.3, -0.25) is 0 Å². The highest BCUT2D eigenvalue weighted by Gasteiger charge is 2.05. The Morgan fingerprint density at radius 1 is 1.25 bits per heavy atom. The molecule has 0 aliphatic rings. The summed E-state index contributed by atoms with van der Waals surface area (Å²) in [5.41, 5.74) is 7.53. The molecule has 2 aromatic rings. The summed E-state index contributed by atoms with van der Waals surface area (Å²) in [6, 6.07) is 12.5. The Kier molecular flexibility index (Phi) is 4.34. The summed E-state index contributed by atoms with van der Waals surface area (Å²) in [7, 11) is 1.53. The van der Waals surface area contributed by atoms with Gasteiger partial charge in [0.1, 0.15) is 24.2 Å². The fourth-order valence-corrected chi connectivity index (χ4v) is 1.85. The molecule has 2 rings (SSSR count). The van der Waals surface area contributed by atoms with Crippen LogP contribution in [0.25, 0.3) is 0 Å². The highest BCUT2D eigenvalue weighted by Crippen LogP contribution is 2.25. The van der Waals surface area contributed by atoms with Crippen LogP contribution in [0.5, 0.6) is 11.5 Å². The number of nitriles is 1. The van der Waals surface area contributed by atoms with Crippen LogP contribution in [-0.2, 0) is 6.61 Å². The number of rotatable bonds is 4. The molecule has 0 bridgehead atoms. The maximum absolute atomic E-state index is 8.92. The van der Waals surface area contributed by atoms with E-state index in [2.05, 4.69) is 6.07 Å². The molecule has 20 heavy (non-hydrogen) atoms. The second-order valence-electron chi connectivity index (χ2n) is 4.12. The van der Waals surface area contributed by atoms with Gasteiger partial charge in [-0.2, -0.15) is 5.26 Å². The molecule has 0 heterocycles. The standard InChI is InChI=1S/C15H13ClN2O2/c1-19-15-6-10(2-3-11(15)8-17)9-20-12-4-5-14(18)13(16)7-12/h2-7H,9,18H2,1H3. The predicted octanol–water partition coefficient (Wildman–Crippen LogP) is 3.38. The van der Waals surface area contributed by atoms with Crippen molar-refractivity contribution in [3.8, 4) is 17.6 Å². The van der Waals surface area contributed by atoms with Gasteiger partial charge in [0.15, 0.2) is 0 Å². The lowest BCUT2D eigenvalue weighted by atomic mass is 10.1. The van der Waals surface area contributed by atoms with E-state index in [1.165, 1.54) is 7.11 Å². The molecule has 5 heteroatoms. The van der Waals surface area contributed by atoms with Crippen molar-refractivity contribution in [2.24, 2.45) is 0 Å². The average molecular weight is 289 g/mol. The van der Waals surface area contributed by atoms with Crippen molar-refractivity contribution in [3.05, 3.63) is 52.5 Å². The van der Waals surface area contributed by atoms with Crippen molar-refractivity contribution in [1.29, 1.82) is 5.26 Å². The van der Waals surface area contributed by atoms with Crippen LogP contribution < -0.4 is 15.2 Å². The SMILES string of the molecule is COc1cc(COc2ccc(N)c(Cl)c2)ccc1C#N. The zero-order valence-electron chi connectivity index (χ0n) is 10.9. The first-order valence-electron chi connectivity index (χ1n) is 5.89. The van der Waals surface area contributed by atoms with Crippen LogP contribution in [0.15, 0.2) is 36.4 Å². The number of anilines is 1. The van der Waals surface area contributed by atoms with E-state index in [-0.39, 0.29) is 0 Å². The lowest BCUT2D eigenvalue weighted by Gasteiger charge is -2.09. The van der Waals surface area contributed by atoms with Crippen molar-refractivity contribution in [2.75, 3.05) is 12.8 Å². The van der Waals surface area contributed by atoms with E-state index in [0.29, 0.717) is 34.4 Å². The molecule has 4 nitrogen and oxygen atoms in total. The molecule has 0 spiro atoms. The maximum atomic E-state index is 8.92. The number of benzene rings is 2. The Morgan fingerprint density at radius 2 is 2.05 bits per heavy atom. The van der Waals surface area contributed by atoms with Crippen molar-refractivity contribution in [3.63, 3.8) is 0 Å². The molecule has 0 saturated carbocycles. The molecular weight excluding hydrogens is 276 g/mol. The molecule has 0 aliphatic heterocycles. The number of methoxy groups -OCH3 is 1. The van der Waals surface area contributed by atoms with Gasteiger partial charge in [0.05, 0.1) is 23.4 Å². The van der Waals surface area contributed by atoms with Crippen LogP contribution in [0.3, 0.4) is 0 Å². The number of nitrogen functional groups attached to an aromatic ring is 1. The van der Waals surface area contributed by atoms with Crippen molar-refractivity contribution in [1.82, 2.24) is 0 Å². The summed E-state index contributed by atoms with van der Waals surface area (Å²) in [4.78, 5) is 0. The summed E-state index contributed by atoms with van der Waals surface area (Å²) in [6.07, 6.45) is 0. The number of nitrogens with two attached hydrogens (primary N) is 1. The Bertz CT molecular complexity index is 665. The quantitative estimate of drug-likeness (QED) is 0.876. The van der Waals surface area contributed by atoms with Crippen LogP contribution in [0.1, 0.15) is 11.1 Å². The normalized spacial score (nSPS) is 9.85. The molecule has 102 valence electrons. The van der Waals surface area contributed by atoms with Gasteiger partial charge in [-0.1, -0.05) is 17.7 Å². The van der Waals surface area contributed by atoms with Gasteiger partial charge in [-0.25, -0.2) is 0 Å². The van der Waals surface area contributed by atoms with E-state index in [0.717, 1.165) is 5.56 Å². The molecule has 0 amide bonds. The zero-order chi connectivity index (χ0) is 14.5. The van der Waals surface area contributed by atoms with E-state index in [4.69, 9.17) is 32.1 Å². The van der Waals surface area contributed by atoms with Crippen LogP contribution in [0.2, 0.25) is 5.02 Å². The highest BCUT2D eigenvalue weighted by molar-refractivity contribution is 6.33. The number of nitrogens with zero attached hydrogens (tertiary/aromatic N) is 1. The molecule has 2 N–H and O–H groups in total. The lowest BCUT2D eigenvalue weighted by Crippen LogP contribution is -1.98. The van der Waals surface area contributed by atoms with Crippen LogP contribution >= 0.6 is 11.6 Å². The Morgan fingerprint density at radius 3 is 2.70 bits per heavy atom. The maximum Gasteiger partial charge on any atom is 0.137 e. The molecular formula is C15H13ClN2O2. The second-order valence-corrected chi connectivity index (χ2v) is 4.53. The largest absolute Gasteiger partial charge is 0.495 e.